The van der Waals surface area contributed by atoms with Crippen molar-refractivity contribution in [2.24, 2.45) is 0 Å². The largest absolute Gasteiger partial charge is 0.395 e. The number of rotatable bonds is 8. The van der Waals surface area contributed by atoms with Gasteiger partial charge in [-0.1, -0.05) is 6.07 Å². The quantitative estimate of drug-likeness (QED) is 0.351. The SMILES string of the molecule is CC1c2ccc(C(=O)NCc3c(F)cc(F)cc3F)cc2N(Cc2c(F)ccc(C(=O)NCCO)c2F)C(=O)N1C. The summed E-state index contributed by atoms with van der Waals surface area (Å²) in [6.45, 7) is -0.0806. The number of benzene rings is 3. The predicted octanol–water partition coefficient (Wildman–Crippen LogP) is 4.17. The molecule has 0 spiro atoms. The Morgan fingerprint density at radius 3 is 2.24 bits per heavy atom. The maximum absolute atomic E-state index is 15.3. The molecule has 4 amide bonds. The number of amides is 4. The third kappa shape index (κ3) is 5.85. The molecule has 0 radical (unpaired) electrons. The molecule has 0 saturated carbocycles. The number of aliphatic hydroxyl groups excluding tert-OH is 1. The Bertz CT molecular complexity index is 1510. The molecule has 0 bridgehead atoms. The Morgan fingerprint density at radius 1 is 0.902 bits per heavy atom. The minimum Gasteiger partial charge on any atom is -0.395 e. The molecular weight excluding hydrogens is 551 g/mol. The summed E-state index contributed by atoms with van der Waals surface area (Å²) in [5, 5.41) is 13.5. The average molecular weight is 577 g/mol. The number of anilines is 1. The summed E-state index contributed by atoms with van der Waals surface area (Å²) in [5.74, 6) is -7.37. The van der Waals surface area contributed by atoms with Gasteiger partial charge in [-0.3, -0.25) is 14.5 Å². The fraction of sp³-hybridized carbons (Fsp3) is 0.250. The summed E-state index contributed by atoms with van der Waals surface area (Å²) in [5.41, 5.74) is -0.966. The van der Waals surface area contributed by atoms with Crippen molar-refractivity contribution in [3.63, 3.8) is 0 Å². The minimum atomic E-state index is -1.20. The molecule has 1 aliphatic heterocycles. The van der Waals surface area contributed by atoms with Gasteiger partial charge in [-0.25, -0.2) is 26.7 Å². The van der Waals surface area contributed by atoms with E-state index in [4.69, 9.17) is 5.11 Å². The van der Waals surface area contributed by atoms with Crippen molar-refractivity contribution in [3.05, 3.63) is 99.4 Å². The molecular formula is C28H25F5N4O4. The van der Waals surface area contributed by atoms with Crippen LogP contribution in [0.25, 0.3) is 0 Å². The summed E-state index contributed by atoms with van der Waals surface area (Å²) < 4.78 is 71.4. The van der Waals surface area contributed by atoms with Crippen LogP contribution in [0.1, 0.15) is 50.4 Å². The molecule has 3 N–H and O–H groups in total. The van der Waals surface area contributed by atoms with Crippen molar-refractivity contribution in [1.29, 1.82) is 0 Å². The summed E-state index contributed by atoms with van der Waals surface area (Å²) in [6.07, 6.45) is 0. The first-order chi connectivity index (χ1) is 19.4. The van der Waals surface area contributed by atoms with Crippen molar-refractivity contribution >= 4 is 23.5 Å². The molecule has 1 aliphatic rings. The lowest BCUT2D eigenvalue weighted by Crippen LogP contribution is -2.47. The van der Waals surface area contributed by atoms with E-state index in [0.29, 0.717) is 17.7 Å². The highest BCUT2D eigenvalue weighted by Crippen LogP contribution is 2.38. The van der Waals surface area contributed by atoms with E-state index in [9.17, 15) is 31.9 Å². The van der Waals surface area contributed by atoms with Crippen LogP contribution in [0.3, 0.4) is 0 Å². The summed E-state index contributed by atoms with van der Waals surface area (Å²) in [4.78, 5) is 40.8. The molecule has 4 rings (SSSR count). The normalized spacial score (nSPS) is 14.6. The van der Waals surface area contributed by atoms with Crippen molar-refractivity contribution in [2.75, 3.05) is 25.1 Å². The lowest BCUT2D eigenvalue weighted by molar-refractivity contribution is 0.0936. The average Bonchev–Trinajstić information content (AvgIpc) is 2.93. The zero-order valence-corrected chi connectivity index (χ0v) is 21.9. The zero-order chi connectivity index (χ0) is 30.0. The monoisotopic (exact) mass is 576 g/mol. The molecule has 0 fully saturated rings. The van der Waals surface area contributed by atoms with E-state index in [2.05, 4.69) is 10.6 Å². The number of halogens is 5. The highest BCUT2D eigenvalue weighted by Gasteiger charge is 2.35. The number of carbonyl (C=O) groups excluding carboxylic acids is 3. The van der Waals surface area contributed by atoms with Gasteiger partial charge < -0.3 is 20.6 Å². The second-order valence-corrected chi connectivity index (χ2v) is 9.33. The Hall–Kier alpha value is -4.52. The Balaban J connectivity index is 1.67. The van der Waals surface area contributed by atoms with Crippen molar-refractivity contribution < 1.29 is 41.4 Å². The summed E-state index contributed by atoms with van der Waals surface area (Å²) in [6, 6.07) is 5.90. The molecule has 8 nitrogen and oxygen atoms in total. The molecule has 0 aromatic heterocycles. The maximum Gasteiger partial charge on any atom is 0.325 e. The lowest BCUT2D eigenvalue weighted by atomic mass is 9.98. The van der Waals surface area contributed by atoms with E-state index >= 15 is 4.39 Å². The summed E-state index contributed by atoms with van der Waals surface area (Å²) >= 11 is 0. The molecule has 1 atom stereocenters. The molecule has 1 unspecified atom stereocenters. The molecule has 0 saturated heterocycles. The molecule has 216 valence electrons. The van der Waals surface area contributed by atoms with Crippen LogP contribution < -0.4 is 15.5 Å². The van der Waals surface area contributed by atoms with Gasteiger partial charge in [0.25, 0.3) is 11.8 Å². The lowest BCUT2D eigenvalue weighted by Gasteiger charge is -2.39. The predicted molar refractivity (Wildman–Crippen MR) is 137 cm³/mol. The van der Waals surface area contributed by atoms with E-state index in [1.807, 2.05) is 0 Å². The fourth-order valence-electron chi connectivity index (χ4n) is 4.44. The third-order valence-corrected chi connectivity index (χ3v) is 6.82. The molecule has 3 aromatic rings. The first-order valence-corrected chi connectivity index (χ1v) is 12.4. The Kier molecular flexibility index (Phi) is 8.57. The molecule has 41 heavy (non-hydrogen) atoms. The number of nitrogens with zero attached hydrogens (tertiary/aromatic N) is 2. The van der Waals surface area contributed by atoms with Gasteiger partial charge in [0.15, 0.2) is 0 Å². The number of urea groups is 1. The van der Waals surface area contributed by atoms with E-state index in [1.54, 1.807) is 6.92 Å². The van der Waals surface area contributed by atoms with Gasteiger partial charge in [-0.15, -0.1) is 0 Å². The van der Waals surface area contributed by atoms with Crippen LogP contribution in [0.4, 0.5) is 32.4 Å². The molecule has 3 aromatic carbocycles. The van der Waals surface area contributed by atoms with Gasteiger partial charge >= 0.3 is 6.03 Å². The van der Waals surface area contributed by atoms with Crippen molar-refractivity contribution in [3.8, 4) is 0 Å². The van der Waals surface area contributed by atoms with Gasteiger partial charge in [0.1, 0.15) is 29.1 Å². The minimum absolute atomic E-state index is 0.0284. The standard InChI is InChI=1S/C28H25F5N4O4/c1-14-17-4-3-15(26(39)35-12-19-22(31)10-16(29)11-23(19)32)9-24(17)37(28(41)36(14)2)13-20-21(30)6-5-18(25(20)33)27(40)34-7-8-38/h3-6,9-11,14,38H,7-8,12-13H2,1-2H3,(H,34,40)(H,35,39). The molecule has 1 heterocycles. The number of carbonyl (C=O) groups is 3. The highest BCUT2D eigenvalue weighted by atomic mass is 19.2. The van der Waals surface area contributed by atoms with Gasteiger partial charge in [-0.2, -0.15) is 0 Å². The maximum atomic E-state index is 15.3. The van der Waals surface area contributed by atoms with Crippen LogP contribution in [0, 0.1) is 29.1 Å². The van der Waals surface area contributed by atoms with Gasteiger partial charge in [-0.05, 0) is 36.8 Å². The fourth-order valence-corrected chi connectivity index (χ4v) is 4.44. The van der Waals surface area contributed by atoms with E-state index < -0.39 is 89.4 Å². The Labute approximate surface area is 231 Å². The second kappa shape index (κ2) is 11.9. The zero-order valence-electron chi connectivity index (χ0n) is 21.9. The van der Waals surface area contributed by atoms with E-state index in [1.165, 1.54) is 30.1 Å². The number of fused-ring (bicyclic) bond motifs is 1. The Morgan fingerprint density at radius 2 is 1.59 bits per heavy atom. The third-order valence-electron chi connectivity index (χ3n) is 6.82. The first-order valence-electron chi connectivity index (χ1n) is 12.4. The molecule has 13 heteroatoms. The van der Waals surface area contributed by atoms with E-state index in [-0.39, 0.29) is 17.8 Å². The number of hydrogen-bond acceptors (Lipinski definition) is 4. The number of aliphatic hydroxyl groups is 1. The topological polar surface area (TPSA) is 102 Å². The van der Waals surface area contributed by atoms with Crippen LogP contribution in [0.2, 0.25) is 0 Å². The van der Waals surface area contributed by atoms with Crippen LogP contribution in [0.15, 0.2) is 42.5 Å². The highest BCUT2D eigenvalue weighted by molar-refractivity contribution is 6.00. The van der Waals surface area contributed by atoms with E-state index in [0.717, 1.165) is 17.0 Å². The first kappa shape index (κ1) is 29.5. The van der Waals surface area contributed by atoms with Crippen LogP contribution in [-0.2, 0) is 13.1 Å². The number of nitrogens with one attached hydrogen (secondary N) is 2. The van der Waals surface area contributed by atoms with Crippen LogP contribution in [0.5, 0.6) is 0 Å². The van der Waals surface area contributed by atoms with Crippen molar-refractivity contribution in [1.82, 2.24) is 15.5 Å². The van der Waals surface area contributed by atoms with Gasteiger partial charge in [0.2, 0.25) is 0 Å². The molecule has 0 aliphatic carbocycles. The van der Waals surface area contributed by atoms with Crippen molar-refractivity contribution in [2.45, 2.75) is 26.1 Å². The van der Waals surface area contributed by atoms with Crippen LogP contribution in [-0.4, -0.2) is 48.1 Å². The smallest absolute Gasteiger partial charge is 0.325 e. The van der Waals surface area contributed by atoms with Crippen LogP contribution >= 0.6 is 0 Å². The summed E-state index contributed by atoms with van der Waals surface area (Å²) in [7, 11) is 1.49. The second-order valence-electron chi connectivity index (χ2n) is 9.33. The van der Waals surface area contributed by atoms with Gasteiger partial charge in [0, 0.05) is 49.0 Å². The van der Waals surface area contributed by atoms with Gasteiger partial charge in [0.05, 0.1) is 30.4 Å². The number of hydrogen-bond donors (Lipinski definition) is 3.